The zero-order valence-electron chi connectivity index (χ0n) is 25.1. The van der Waals surface area contributed by atoms with Crippen LogP contribution in [0.25, 0.3) is 0 Å². The Morgan fingerprint density at radius 1 is 0.902 bits per heavy atom. The maximum absolute atomic E-state index is 13.8. The fourth-order valence-corrected chi connectivity index (χ4v) is 5.56. The van der Waals surface area contributed by atoms with Crippen LogP contribution in [-0.4, -0.2) is 36.0 Å². The standard InChI is InChI=1S/C34H49N3O4/c1-34(2,3)41-33(40)36-22-14-13-21-28(24-30(38)29(35)23-25-15-7-4-8-16-25)32(39)37-31(26-17-9-5-10-18-26)27-19-11-6-12-20-27/h5-6,9-12,17-20,25,28-29,31H,4,7-8,13-16,21-24,35H2,1-3H3,(H,36,40)(H,37,39)/t28-,29+/m1/s1. The van der Waals surface area contributed by atoms with Gasteiger partial charge in [-0.3, -0.25) is 9.59 Å². The number of benzene rings is 2. The number of nitrogens with one attached hydrogen (secondary N) is 2. The zero-order valence-corrected chi connectivity index (χ0v) is 25.1. The topological polar surface area (TPSA) is 111 Å². The Morgan fingerprint density at radius 2 is 1.49 bits per heavy atom. The summed E-state index contributed by atoms with van der Waals surface area (Å²) in [6.07, 6.45) is 8.17. The maximum Gasteiger partial charge on any atom is 0.407 e. The number of carbonyl (C=O) groups is 3. The van der Waals surface area contributed by atoms with E-state index >= 15 is 0 Å². The van der Waals surface area contributed by atoms with Gasteiger partial charge in [0.05, 0.1) is 12.1 Å². The van der Waals surface area contributed by atoms with Crippen molar-refractivity contribution in [2.24, 2.45) is 17.6 Å². The number of ether oxygens (including phenoxy) is 1. The van der Waals surface area contributed by atoms with Gasteiger partial charge in [-0.1, -0.05) is 99.2 Å². The van der Waals surface area contributed by atoms with E-state index in [9.17, 15) is 14.4 Å². The molecule has 2 amide bonds. The molecule has 2 aromatic carbocycles. The number of unbranched alkanes of at least 4 members (excludes halogenated alkanes) is 1. The van der Waals surface area contributed by atoms with E-state index in [1.807, 2.05) is 81.4 Å². The number of rotatable bonds is 14. The molecule has 0 radical (unpaired) electrons. The van der Waals surface area contributed by atoms with Gasteiger partial charge in [0, 0.05) is 18.9 Å². The second-order valence-electron chi connectivity index (χ2n) is 12.4. The summed E-state index contributed by atoms with van der Waals surface area (Å²) in [5, 5.41) is 6.01. The van der Waals surface area contributed by atoms with E-state index in [1.165, 1.54) is 19.3 Å². The highest BCUT2D eigenvalue weighted by atomic mass is 16.6. The Morgan fingerprint density at radius 3 is 2.05 bits per heavy atom. The molecule has 3 rings (SSSR count). The Kier molecular flexibility index (Phi) is 12.9. The Bertz CT molecular complexity index is 1040. The lowest BCUT2D eigenvalue weighted by molar-refractivity contribution is -0.130. The smallest absolute Gasteiger partial charge is 0.407 e. The summed E-state index contributed by atoms with van der Waals surface area (Å²) in [5.74, 6) is -0.203. The Hall–Kier alpha value is -3.19. The van der Waals surface area contributed by atoms with Gasteiger partial charge in [0.15, 0.2) is 0 Å². The van der Waals surface area contributed by atoms with Crippen molar-refractivity contribution in [1.82, 2.24) is 10.6 Å². The summed E-state index contributed by atoms with van der Waals surface area (Å²) in [6, 6.07) is 18.9. The van der Waals surface area contributed by atoms with E-state index in [-0.39, 0.29) is 24.2 Å². The van der Waals surface area contributed by atoms with Crippen LogP contribution < -0.4 is 16.4 Å². The van der Waals surface area contributed by atoms with Crippen molar-refractivity contribution in [3.63, 3.8) is 0 Å². The summed E-state index contributed by atoms with van der Waals surface area (Å²) >= 11 is 0. The number of amides is 2. The highest BCUT2D eigenvalue weighted by molar-refractivity contribution is 5.90. The van der Waals surface area contributed by atoms with Gasteiger partial charge >= 0.3 is 6.09 Å². The monoisotopic (exact) mass is 563 g/mol. The Balaban J connectivity index is 1.66. The van der Waals surface area contributed by atoms with Crippen molar-refractivity contribution in [2.45, 2.75) is 103 Å². The van der Waals surface area contributed by atoms with Gasteiger partial charge in [0.2, 0.25) is 5.91 Å². The number of hydrogen-bond acceptors (Lipinski definition) is 5. The summed E-state index contributed by atoms with van der Waals surface area (Å²) in [7, 11) is 0. The summed E-state index contributed by atoms with van der Waals surface area (Å²) in [6.45, 7) is 5.91. The average molecular weight is 564 g/mol. The van der Waals surface area contributed by atoms with Crippen LogP contribution in [0.4, 0.5) is 4.79 Å². The molecule has 0 spiro atoms. The van der Waals surface area contributed by atoms with Crippen LogP contribution in [0.1, 0.15) is 102 Å². The molecule has 2 aromatic rings. The van der Waals surface area contributed by atoms with Crippen LogP contribution in [-0.2, 0) is 14.3 Å². The van der Waals surface area contributed by atoms with Crippen LogP contribution in [0, 0.1) is 11.8 Å². The molecule has 0 bridgehead atoms. The molecule has 0 aliphatic heterocycles. The van der Waals surface area contributed by atoms with Gasteiger partial charge in [-0.2, -0.15) is 0 Å². The third-order valence-corrected chi connectivity index (χ3v) is 7.74. The fourth-order valence-electron chi connectivity index (χ4n) is 5.56. The van der Waals surface area contributed by atoms with E-state index in [4.69, 9.17) is 10.5 Å². The molecule has 1 saturated carbocycles. The molecule has 7 nitrogen and oxygen atoms in total. The van der Waals surface area contributed by atoms with Gasteiger partial charge in [-0.15, -0.1) is 0 Å². The minimum absolute atomic E-state index is 0.0430. The molecule has 1 aliphatic rings. The van der Waals surface area contributed by atoms with Crippen molar-refractivity contribution in [2.75, 3.05) is 6.54 Å². The largest absolute Gasteiger partial charge is 0.444 e. The molecule has 7 heteroatoms. The van der Waals surface area contributed by atoms with Crippen LogP contribution in [0.2, 0.25) is 0 Å². The highest BCUT2D eigenvalue weighted by Crippen LogP contribution is 2.28. The quantitative estimate of drug-likeness (QED) is 0.229. The normalized spacial score (nSPS) is 15.6. The van der Waals surface area contributed by atoms with Crippen LogP contribution in [0.3, 0.4) is 0 Å². The lowest BCUT2D eigenvalue weighted by atomic mass is 9.82. The van der Waals surface area contributed by atoms with Crippen LogP contribution >= 0.6 is 0 Å². The van der Waals surface area contributed by atoms with Crippen LogP contribution in [0.15, 0.2) is 60.7 Å². The van der Waals surface area contributed by atoms with Gasteiger partial charge in [0.1, 0.15) is 11.4 Å². The molecule has 0 heterocycles. The summed E-state index contributed by atoms with van der Waals surface area (Å²) in [5.41, 5.74) is 7.80. The first kappa shape index (κ1) is 32.3. The molecule has 224 valence electrons. The fraction of sp³-hybridized carbons (Fsp3) is 0.559. The van der Waals surface area contributed by atoms with Crippen molar-refractivity contribution < 1.29 is 19.1 Å². The van der Waals surface area contributed by atoms with E-state index in [2.05, 4.69) is 10.6 Å². The molecule has 0 saturated heterocycles. The molecule has 41 heavy (non-hydrogen) atoms. The van der Waals surface area contributed by atoms with Crippen molar-refractivity contribution in [1.29, 1.82) is 0 Å². The van der Waals surface area contributed by atoms with Gasteiger partial charge in [-0.25, -0.2) is 4.79 Å². The third kappa shape index (κ3) is 11.7. The van der Waals surface area contributed by atoms with Gasteiger partial charge in [-0.05, 0) is 57.1 Å². The number of carbonyl (C=O) groups excluding carboxylic acids is 3. The zero-order chi connectivity index (χ0) is 29.7. The predicted octanol–water partition coefficient (Wildman–Crippen LogP) is 6.46. The number of nitrogens with two attached hydrogens (primary N) is 1. The summed E-state index contributed by atoms with van der Waals surface area (Å²) < 4.78 is 5.30. The number of ketones is 1. The highest BCUT2D eigenvalue weighted by Gasteiger charge is 2.29. The second kappa shape index (κ2) is 16.3. The number of Topliss-reactive ketones (excluding diaryl/α,β-unsaturated/α-hetero) is 1. The Labute approximate surface area is 246 Å². The molecule has 1 fully saturated rings. The van der Waals surface area contributed by atoms with Crippen LogP contribution in [0.5, 0.6) is 0 Å². The van der Waals surface area contributed by atoms with E-state index in [1.54, 1.807) is 0 Å². The molecule has 1 aliphatic carbocycles. The number of hydrogen-bond donors (Lipinski definition) is 3. The SMILES string of the molecule is CC(C)(C)OC(=O)NCCCC[C@H](CC(=O)[C@@H](N)CC1CCCCC1)C(=O)NC(c1ccccc1)c1ccccc1. The second-order valence-corrected chi connectivity index (χ2v) is 12.4. The lowest BCUT2D eigenvalue weighted by Gasteiger charge is -2.26. The molecule has 2 atom stereocenters. The predicted molar refractivity (Wildman–Crippen MR) is 163 cm³/mol. The first-order valence-corrected chi connectivity index (χ1v) is 15.3. The average Bonchev–Trinajstić information content (AvgIpc) is 2.95. The van der Waals surface area contributed by atoms with E-state index in [0.717, 1.165) is 24.0 Å². The molecular weight excluding hydrogens is 514 g/mol. The molecular formula is C34H49N3O4. The first-order chi connectivity index (χ1) is 19.6. The summed E-state index contributed by atoms with van der Waals surface area (Å²) in [4.78, 5) is 39.1. The lowest BCUT2D eigenvalue weighted by Crippen LogP contribution is -2.39. The minimum atomic E-state index is -0.557. The molecule has 4 N–H and O–H groups in total. The molecule has 0 aromatic heterocycles. The van der Waals surface area contributed by atoms with Gasteiger partial charge < -0.3 is 21.1 Å². The molecule has 0 unspecified atom stereocenters. The minimum Gasteiger partial charge on any atom is -0.444 e. The van der Waals surface area contributed by atoms with E-state index < -0.39 is 23.7 Å². The van der Waals surface area contributed by atoms with Crippen molar-refractivity contribution in [3.8, 4) is 0 Å². The maximum atomic E-state index is 13.8. The van der Waals surface area contributed by atoms with E-state index in [0.29, 0.717) is 38.1 Å². The van der Waals surface area contributed by atoms with Gasteiger partial charge in [0.25, 0.3) is 0 Å². The van der Waals surface area contributed by atoms with Crippen molar-refractivity contribution in [3.05, 3.63) is 71.8 Å². The van der Waals surface area contributed by atoms with Crippen molar-refractivity contribution >= 4 is 17.8 Å². The third-order valence-electron chi connectivity index (χ3n) is 7.74. The number of alkyl carbamates (subject to hydrolysis) is 1. The first-order valence-electron chi connectivity index (χ1n) is 15.3.